The van der Waals surface area contributed by atoms with E-state index in [9.17, 15) is 18.0 Å². The van der Waals surface area contributed by atoms with Crippen molar-refractivity contribution in [2.24, 2.45) is 0 Å². The third-order valence-corrected chi connectivity index (χ3v) is 6.04. The highest BCUT2D eigenvalue weighted by Gasteiger charge is 2.30. The number of carboxylic acids is 1. The first-order valence-corrected chi connectivity index (χ1v) is 11.0. The number of aromatic nitrogens is 2. The minimum Gasteiger partial charge on any atom is -0.479 e. The van der Waals surface area contributed by atoms with E-state index in [1.807, 2.05) is 36.5 Å². The summed E-state index contributed by atoms with van der Waals surface area (Å²) in [4.78, 5) is 11.9. The van der Waals surface area contributed by atoms with Crippen LogP contribution in [0.2, 0.25) is 0 Å². The van der Waals surface area contributed by atoms with Gasteiger partial charge in [-0.15, -0.1) is 11.8 Å². The maximum absolute atomic E-state index is 12.8. The molecule has 5 nitrogen and oxygen atoms in total. The lowest BCUT2D eigenvalue weighted by Crippen LogP contribution is -2.22. The topological polar surface area (TPSA) is 64.4 Å². The number of nitrogens with zero attached hydrogens (tertiary/aromatic N) is 2. The van der Waals surface area contributed by atoms with Gasteiger partial charge in [-0.05, 0) is 67.1 Å². The van der Waals surface area contributed by atoms with Crippen molar-refractivity contribution in [2.75, 3.05) is 0 Å². The fourth-order valence-electron chi connectivity index (χ4n) is 3.19. The number of alkyl halides is 3. The summed E-state index contributed by atoms with van der Waals surface area (Å²) in [6.45, 7) is 1.47. The van der Waals surface area contributed by atoms with Crippen molar-refractivity contribution in [3.63, 3.8) is 0 Å². The van der Waals surface area contributed by atoms with Crippen molar-refractivity contribution in [1.82, 2.24) is 9.78 Å². The number of benzene rings is 3. The molecule has 4 rings (SSSR count). The number of ether oxygens (including phenoxy) is 1. The zero-order valence-corrected chi connectivity index (χ0v) is 18.2. The number of halogens is 3. The van der Waals surface area contributed by atoms with Crippen LogP contribution in [0.1, 0.15) is 18.1 Å². The first-order valence-electron chi connectivity index (χ1n) is 9.98. The van der Waals surface area contributed by atoms with Crippen molar-refractivity contribution in [2.45, 2.75) is 29.9 Å². The van der Waals surface area contributed by atoms with E-state index in [4.69, 9.17) is 9.84 Å². The predicted molar refractivity (Wildman–Crippen MR) is 120 cm³/mol. The zero-order chi connectivity index (χ0) is 23.6. The van der Waals surface area contributed by atoms with Gasteiger partial charge in [-0.1, -0.05) is 12.1 Å². The molecule has 1 heterocycles. The van der Waals surface area contributed by atoms with Gasteiger partial charge < -0.3 is 9.84 Å². The van der Waals surface area contributed by atoms with Crippen molar-refractivity contribution >= 4 is 28.6 Å². The largest absolute Gasteiger partial charge is 0.479 e. The maximum atomic E-state index is 12.8. The quantitative estimate of drug-likeness (QED) is 0.325. The highest BCUT2D eigenvalue weighted by Crippen LogP contribution is 2.31. The molecule has 1 aromatic heterocycles. The van der Waals surface area contributed by atoms with Crippen molar-refractivity contribution < 1.29 is 27.8 Å². The number of hydrogen-bond acceptors (Lipinski definition) is 4. The normalized spacial score (nSPS) is 12.6. The minimum atomic E-state index is -4.38. The van der Waals surface area contributed by atoms with Crippen LogP contribution < -0.4 is 4.74 Å². The third-order valence-electron chi connectivity index (χ3n) is 4.98. The van der Waals surface area contributed by atoms with E-state index in [0.717, 1.165) is 33.5 Å². The summed E-state index contributed by atoms with van der Waals surface area (Å²) < 4.78 is 45.4. The summed E-state index contributed by atoms with van der Waals surface area (Å²) in [7, 11) is 0. The van der Waals surface area contributed by atoms with Crippen LogP contribution in [0, 0.1) is 0 Å². The SMILES string of the molecule is CC(Oc1ccc(SCc2cccc3nn(-c4ccc(C(F)(F)F)cc4)cc23)cc1)C(=O)O. The third kappa shape index (κ3) is 5.31. The second-order valence-electron chi connectivity index (χ2n) is 7.33. The van der Waals surface area contributed by atoms with E-state index in [-0.39, 0.29) is 0 Å². The molecule has 0 fully saturated rings. The van der Waals surface area contributed by atoms with Crippen LogP contribution in [-0.2, 0) is 16.7 Å². The van der Waals surface area contributed by atoms with Crippen LogP contribution in [0.4, 0.5) is 13.2 Å². The maximum Gasteiger partial charge on any atom is 0.416 e. The summed E-state index contributed by atoms with van der Waals surface area (Å²) in [5.41, 5.74) is 1.63. The van der Waals surface area contributed by atoms with Crippen LogP contribution in [0.15, 0.2) is 77.8 Å². The Hall–Kier alpha value is -3.46. The Morgan fingerprint density at radius 3 is 2.42 bits per heavy atom. The van der Waals surface area contributed by atoms with Crippen molar-refractivity contribution in [3.05, 3.63) is 84.1 Å². The molecule has 0 spiro atoms. The smallest absolute Gasteiger partial charge is 0.416 e. The average Bonchev–Trinajstić information content (AvgIpc) is 3.23. The molecule has 4 aromatic rings. The van der Waals surface area contributed by atoms with Gasteiger partial charge in [0.05, 0.1) is 16.8 Å². The van der Waals surface area contributed by atoms with E-state index >= 15 is 0 Å². The molecule has 170 valence electrons. The predicted octanol–water partition coefficient (Wildman–Crippen LogP) is 6.19. The standard InChI is InChI=1S/C24H19F3N2O3S/c1-15(23(30)31)32-19-9-11-20(12-10-19)33-14-16-3-2-4-22-21(16)13-29(28-22)18-7-5-17(6-8-18)24(25,26)27/h2-13,15H,14H2,1H3,(H,30,31). The highest BCUT2D eigenvalue weighted by atomic mass is 32.2. The van der Waals surface area contributed by atoms with Gasteiger partial charge in [-0.25, -0.2) is 9.48 Å². The number of rotatable bonds is 7. The summed E-state index contributed by atoms with van der Waals surface area (Å²) in [5, 5.41) is 14.4. The summed E-state index contributed by atoms with van der Waals surface area (Å²) in [5.74, 6) is 0.106. The van der Waals surface area contributed by atoms with E-state index < -0.39 is 23.8 Å². The van der Waals surface area contributed by atoms with Crippen LogP contribution in [0.25, 0.3) is 16.6 Å². The Morgan fingerprint density at radius 2 is 1.79 bits per heavy atom. The number of aliphatic carboxylic acids is 1. The van der Waals surface area contributed by atoms with Gasteiger partial charge in [0.2, 0.25) is 0 Å². The number of thioether (sulfide) groups is 1. The van der Waals surface area contributed by atoms with Crippen LogP contribution in [0.5, 0.6) is 5.75 Å². The molecule has 0 amide bonds. The fraction of sp³-hybridized carbons (Fsp3) is 0.167. The van der Waals surface area contributed by atoms with Crippen LogP contribution in [-0.4, -0.2) is 27.0 Å². The second kappa shape index (κ2) is 9.19. The van der Waals surface area contributed by atoms with E-state index in [2.05, 4.69) is 5.10 Å². The first-order chi connectivity index (χ1) is 15.7. The van der Waals surface area contributed by atoms with E-state index in [1.165, 1.54) is 19.1 Å². The van der Waals surface area contributed by atoms with Gasteiger partial charge >= 0.3 is 12.1 Å². The molecule has 33 heavy (non-hydrogen) atoms. The fourth-order valence-corrected chi connectivity index (χ4v) is 4.10. The molecule has 1 unspecified atom stereocenters. The molecule has 9 heteroatoms. The Balaban J connectivity index is 1.49. The molecule has 0 aliphatic rings. The molecule has 0 aliphatic carbocycles. The monoisotopic (exact) mass is 472 g/mol. The second-order valence-corrected chi connectivity index (χ2v) is 8.38. The number of hydrogen-bond donors (Lipinski definition) is 1. The molecular formula is C24H19F3N2O3S. The summed E-state index contributed by atoms with van der Waals surface area (Å²) in [6, 6.07) is 17.8. The Morgan fingerprint density at radius 1 is 1.09 bits per heavy atom. The van der Waals surface area contributed by atoms with Gasteiger partial charge in [0.25, 0.3) is 0 Å². The molecule has 1 atom stereocenters. The van der Waals surface area contributed by atoms with Crippen LogP contribution >= 0.6 is 11.8 Å². The molecule has 0 saturated carbocycles. The minimum absolute atomic E-state index is 0.481. The van der Waals surface area contributed by atoms with E-state index in [0.29, 0.717) is 17.2 Å². The molecule has 3 aromatic carbocycles. The van der Waals surface area contributed by atoms with Crippen molar-refractivity contribution in [3.8, 4) is 11.4 Å². The molecule has 0 aliphatic heterocycles. The lowest BCUT2D eigenvalue weighted by molar-refractivity contribution is -0.144. The van der Waals surface area contributed by atoms with Crippen molar-refractivity contribution in [1.29, 1.82) is 0 Å². The summed E-state index contributed by atoms with van der Waals surface area (Å²) in [6.07, 6.45) is -3.49. The Kier molecular flexibility index (Phi) is 6.33. The van der Waals surface area contributed by atoms with Gasteiger partial charge in [-0.3, -0.25) is 0 Å². The number of fused-ring (bicyclic) bond motifs is 1. The number of carboxylic acid groups (broad SMARTS) is 1. The zero-order valence-electron chi connectivity index (χ0n) is 17.4. The molecule has 1 N–H and O–H groups in total. The Labute approximate surface area is 191 Å². The van der Waals surface area contributed by atoms with Gasteiger partial charge in [0.1, 0.15) is 5.75 Å². The Bertz CT molecular complexity index is 1270. The average molecular weight is 472 g/mol. The molecular weight excluding hydrogens is 453 g/mol. The lowest BCUT2D eigenvalue weighted by Gasteiger charge is -2.10. The van der Waals surface area contributed by atoms with Gasteiger partial charge in [0.15, 0.2) is 6.10 Å². The van der Waals surface area contributed by atoms with Gasteiger partial charge in [-0.2, -0.15) is 18.3 Å². The molecule has 0 bridgehead atoms. The first kappa shape index (κ1) is 22.7. The molecule has 0 radical (unpaired) electrons. The number of carbonyl (C=O) groups is 1. The van der Waals surface area contributed by atoms with Gasteiger partial charge in [0, 0.05) is 22.2 Å². The highest BCUT2D eigenvalue weighted by molar-refractivity contribution is 7.98. The molecule has 0 saturated heterocycles. The van der Waals surface area contributed by atoms with Crippen LogP contribution in [0.3, 0.4) is 0 Å². The lowest BCUT2D eigenvalue weighted by atomic mass is 10.1. The summed E-state index contributed by atoms with van der Waals surface area (Å²) >= 11 is 1.60. The van der Waals surface area contributed by atoms with E-state index in [1.54, 1.807) is 28.6 Å².